The highest BCUT2D eigenvalue weighted by atomic mass is 35.5. The second-order valence-corrected chi connectivity index (χ2v) is 5.80. The predicted octanol–water partition coefficient (Wildman–Crippen LogP) is 3.45. The highest BCUT2D eigenvalue weighted by Gasteiger charge is 2.27. The summed E-state index contributed by atoms with van der Waals surface area (Å²) >= 11 is 12.2. The molecule has 7 heteroatoms. The van der Waals surface area contributed by atoms with Gasteiger partial charge in [-0.15, -0.1) is 0 Å². The number of aromatic nitrogens is 2. The van der Waals surface area contributed by atoms with Crippen LogP contribution in [0.25, 0.3) is 0 Å². The van der Waals surface area contributed by atoms with Gasteiger partial charge in [0.2, 0.25) is 0 Å². The highest BCUT2D eigenvalue weighted by Crippen LogP contribution is 2.29. The topological polar surface area (TPSA) is 47.5 Å². The number of methoxy groups -OCH3 is 1. The lowest BCUT2D eigenvalue weighted by molar-refractivity contribution is 0.225. The number of halogens is 2. The zero-order valence-electron chi connectivity index (χ0n) is 12.0. The molecule has 2 heterocycles. The molecule has 0 saturated carbocycles. The molecule has 1 unspecified atom stereocenters. The molecule has 0 aliphatic carbocycles. The van der Waals surface area contributed by atoms with Gasteiger partial charge in [0, 0.05) is 18.0 Å². The van der Waals surface area contributed by atoms with Gasteiger partial charge in [-0.2, -0.15) is 4.98 Å². The van der Waals surface area contributed by atoms with E-state index in [2.05, 4.69) is 14.9 Å². The van der Waals surface area contributed by atoms with Crippen molar-refractivity contribution < 1.29 is 9.47 Å². The summed E-state index contributed by atoms with van der Waals surface area (Å²) < 4.78 is 11.0. The summed E-state index contributed by atoms with van der Waals surface area (Å²) in [7, 11) is 1.53. The molecular formula is C15H15Cl2N3O2. The minimum atomic E-state index is 0.0653. The Labute approximate surface area is 138 Å². The Balaban J connectivity index is 1.70. The third-order valence-electron chi connectivity index (χ3n) is 3.43. The van der Waals surface area contributed by atoms with Gasteiger partial charge in [-0.25, -0.2) is 4.98 Å². The van der Waals surface area contributed by atoms with Crippen LogP contribution in [0, 0.1) is 0 Å². The van der Waals surface area contributed by atoms with Crippen LogP contribution in [0.1, 0.15) is 6.42 Å². The molecule has 1 aromatic carbocycles. The Morgan fingerprint density at radius 3 is 2.95 bits per heavy atom. The molecule has 22 heavy (non-hydrogen) atoms. The number of anilines is 1. The lowest BCUT2D eigenvalue weighted by Gasteiger charge is -2.19. The number of rotatable bonds is 4. The van der Waals surface area contributed by atoms with E-state index in [-0.39, 0.29) is 6.10 Å². The number of hydrogen-bond donors (Lipinski definition) is 0. The quantitative estimate of drug-likeness (QED) is 0.853. The maximum absolute atomic E-state index is 6.18. The molecule has 0 bridgehead atoms. The molecule has 5 nitrogen and oxygen atoms in total. The standard InChI is InChI=1S/C15H15Cl2N3O2/c1-21-15-18-8-13(17)14(19-15)20-6-5-12(9-20)22-11-4-2-3-10(16)7-11/h2-4,7-8,12H,5-6,9H2,1H3. The van der Waals surface area contributed by atoms with E-state index >= 15 is 0 Å². The summed E-state index contributed by atoms with van der Waals surface area (Å²) in [5.74, 6) is 1.44. The van der Waals surface area contributed by atoms with E-state index in [1.807, 2.05) is 24.3 Å². The number of hydrogen-bond acceptors (Lipinski definition) is 5. The van der Waals surface area contributed by atoms with E-state index in [0.29, 0.717) is 28.4 Å². The largest absolute Gasteiger partial charge is 0.488 e. The minimum Gasteiger partial charge on any atom is -0.488 e. The van der Waals surface area contributed by atoms with Gasteiger partial charge in [0.1, 0.15) is 16.9 Å². The van der Waals surface area contributed by atoms with E-state index in [1.54, 1.807) is 6.20 Å². The molecule has 1 saturated heterocycles. The van der Waals surface area contributed by atoms with Crippen LogP contribution < -0.4 is 14.4 Å². The van der Waals surface area contributed by atoms with Crippen LogP contribution in [0.2, 0.25) is 10.0 Å². The molecule has 2 aromatic rings. The zero-order valence-corrected chi connectivity index (χ0v) is 13.5. The first kappa shape index (κ1) is 15.2. The molecule has 116 valence electrons. The zero-order chi connectivity index (χ0) is 15.5. The SMILES string of the molecule is COc1ncc(Cl)c(N2CCC(Oc3cccc(Cl)c3)C2)n1. The molecule has 0 spiro atoms. The fourth-order valence-electron chi connectivity index (χ4n) is 2.41. The van der Waals surface area contributed by atoms with Crippen LogP contribution in [-0.4, -0.2) is 36.3 Å². The normalized spacial score (nSPS) is 17.6. The maximum Gasteiger partial charge on any atom is 0.318 e. The van der Waals surface area contributed by atoms with Crippen LogP contribution in [0.5, 0.6) is 11.8 Å². The van der Waals surface area contributed by atoms with Crippen molar-refractivity contribution in [3.05, 3.63) is 40.5 Å². The second kappa shape index (κ2) is 6.58. The van der Waals surface area contributed by atoms with Gasteiger partial charge in [-0.3, -0.25) is 0 Å². The van der Waals surface area contributed by atoms with Crippen molar-refractivity contribution in [2.24, 2.45) is 0 Å². The van der Waals surface area contributed by atoms with Crippen LogP contribution in [-0.2, 0) is 0 Å². The highest BCUT2D eigenvalue weighted by molar-refractivity contribution is 6.32. The molecule has 0 radical (unpaired) electrons. The molecular weight excluding hydrogens is 325 g/mol. The molecule has 3 rings (SSSR count). The first-order valence-electron chi connectivity index (χ1n) is 6.89. The first-order valence-corrected chi connectivity index (χ1v) is 7.65. The summed E-state index contributed by atoms with van der Waals surface area (Å²) in [6.45, 7) is 1.51. The van der Waals surface area contributed by atoms with Crippen LogP contribution in [0.4, 0.5) is 5.82 Å². The smallest absolute Gasteiger partial charge is 0.318 e. The van der Waals surface area contributed by atoms with E-state index in [0.717, 1.165) is 18.7 Å². The number of nitrogens with zero attached hydrogens (tertiary/aromatic N) is 3. The Morgan fingerprint density at radius 2 is 2.18 bits per heavy atom. The van der Waals surface area contributed by atoms with Crippen LogP contribution in [0.3, 0.4) is 0 Å². The number of benzene rings is 1. The fraction of sp³-hybridized carbons (Fsp3) is 0.333. The van der Waals surface area contributed by atoms with Crippen molar-refractivity contribution in [1.82, 2.24) is 9.97 Å². The Morgan fingerprint density at radius 1 is 1.32 bits per heavy atom. The van der Waals surface area contributed by atoms with E-state index in [4.69, 9.17) is 32.7 Å². The van der Waals surface area contributed by atoms with Crippen molar-refractivity contribution in [2.75, 3.05) is 25.1 Å². The van der Waals surface area contributed by atoms with Crippen LogP contribution >= 0.6 is 23.2 Å². The van der Waals surface area contributed by atoms with Crippen molar-refractivity contribution in [3.63, 3.8) is 0 Å². The fourth-order valence-corrected chi connectivity index (χ4v) is 2.80. The number of ether oxygens (including phenoxy) is 2. The molecule has 1 aliphatic rings. The van der Waals surface area contributed by atoms with Crippen molar-refractivity contribution in [1.29, 1.82) is 0 Å². The molecule has 0 N–H and O–H groups in total. The molecule has 0 amide bonds. The van der Waals surface area contributed by atoms with Crippen molar-refractivity contribution >= 4 is 29.0 Å². The van der Waals surface area contributed by atoms with E-state index in [1.165, 1.54) is 7.11 Å². The molecule has 1 aliphatic heterocycles. The summed E-state index contributed by atoms with van der Waals surface area (Å²) in [5.41, 5.74) is 0. The lowest BCUT2D eigenvalue weighted by atomic mass is 10.3. The van der Waals surface area contributed by atoms with Gasteiger partial charge in [-0.1, -0.05) is 29.3 Å². The third-order valence-corrected chi connectivity index (χ3v) is 3.93. The summed E-state index contributed by atoms with van der Waals surface area (Å²) in [6, 6.07) is 7.71. The average molecular weight is 340 g/mol. The molecule has 1 aromatic heterocycles. The summed E-state index contributed by atoms with van der Waals surface area (Å²) in [6.07, 6.45) is 2.50. The second-order valence-electron chi connectivity index (χ2n) is 4.96. The maximum atomic E-state index is 6.18. The van der Waals surface area contributed by atoms with Gasteiger partial charge in [0.25, 0.3) is 0 Å². The first-order chi connectivity index (χ1) is 10.7. The average Bonchev–Trinajstić information content (AvgIpc) is 2.96. The van der Waals surface area contributed by atoms with Gasteiger partial charge in [-0.05, 0) is 18.2 Å². The minimum absolute atomic E-state index is 0.0653. The van der Waals surface area contributed by atoms with Gasteiger partial charge < -0.3 is 14.4 Å². The van der Waals surface area contributed by atoms with E-state index < -0.39 is 0 Å². The van der Waals surface area contributed by atoms with Crippen LogP contribution in [0.15, 0.2) is 30.5 Å². The predicted molar refractivity (Wildman–Crippen MR) is 86.3 cm³/mol. The molecule has 1 atom stereocenters. The Hall–Kier alpha value is -1.72. The van der Waals surface area contributed by atoms with Gasteiger partial charge >= 0.3 is 6.01 Å². The Bertz CT molecular complexity index is 669. The Kier molecular flexibility index (Phi) is 4.55. The molecule has 1 fully saturated rings. The van der Waals surface area contributed by atoms with Gasteiger partial charge in [0.05, 0.1) is 19.9 Å². The van der Waals surface area contributed by atoms with Gasteiger partial charge in [0.15, 0.2) is 5.82 Å². The third kappa shape index (κ3) is 3.36. The monoisotopic (exact) mass is 339 g/mol. The lowest BCUT2D eigenvalue weighted by Crippen LogP contribution is -2.25. The van der Waals surface area contributed by atoms with E-state index in [9.17, 15) is 0 Å². The summed E-state index contributed by atoms with van der Waals surface area (Å²) in [5, 5.41) is 1.17. The van der Waals surface area contributed by atoms with Crippen molar-refractivity contribution in [2.45, 2.75) is 12.5 Å². The summed E-state index contributed by atoms with van der Waals surface area (Å²) in [4.78, 5) is 10.4. The van der Waals surface area contributed by atoms with Crippen molar-refractivity contribution in [3.8, 4) is 11.8 Å².